The van der Waals surface area contributed by atoms with Gasteiger partial charge in [-0.25, -0.2) is 4.98 Å². The number of hydrogen-bond acceptors (Lipinski definition) is 4. The van der Waals surface area contributed by atoms with Crippen molar-refractivity contribution in [3.05, 3.63) is 28.7 Å². The first-order chi connectivity index (χ1) is 11.6. The predicted octanol–water partition coefficient (Wildman–Crippen LogP) is 2.43. The van der Waals surface area contributed by atoms with Gasteiger partial charge in [0.25, 0.3) is 5.91 Å². The molecule has 0 saturated carbocycles. The Morgan fingerprint density at radius 3 is 2.75 bits per heavy atom. The maximum absolute atomic E-state index is 12.0. The maximum atomic E-state index is 12.0. The number of aromatic nitrogens is 1. The van der Waals surface area contributed by atoms with Crippen LogP contribution in [0.25, 0.3) is 0 Å². The summed E-state index contributed by atoms with van der Waals surface area (Å²) >= 11 is 1.36. The van der Waals surface area contributed by atoms with Crippen molar-refractivity contribution in [2.75, 3.05) is 33.7 Å². The molecule has 0 bridgehead atoms. The zero-order valence-electron chi connectivity index (χ0n) is 15.0. The molecule has 1 amide bonds. The summed E-state index contributed by atoms with van der Waals surface area (Å²) in [4.78, 5) is 23.1. The molecule has 1 heterocycles. The zero-order valence-corrected chi connectivity index (χ0v) is 15.8. The highest BCUT2D eigenvalue weighted by Crippen LogP contribution is 2.11. The number of carbonyl (C=O) groups excluding carboxylic acids is 1. The summed E-state index contributed by atoms with van der Waals surface area (Å²) in [7, 11) is 3.80. The second-order valence-electron chi connectivity index (χ2n) is 5.56. The number of amides is 1. The van der Waals surface area contributed by atoms with E-state index >= 15 is 0 Å². The van der Waals surface area contributed by atoms with Gasteiger partial charge in [-0.05, 0) is 26.2 Å². The Morgan fingerprint density at radius 2 is 2.12 bits per heavy atom. The third kappa shape index (κ3) is 7.12. The summed E-state index contributed by atoms with van der Waals surface area (Å²) in [6, 6.07) is 0. The zero-order chi connectivity index (χ0) is 17.8. The minimum atomic E-state index is -0.0673. The smallest absolute Gasteiger partial charge is 0.263 e. The minimum absolute atomic E-state index is 0.0673. The van der Waals surface area contributed by atoms with Gasteiger partial charge in [0.15, 0.2) is 5.96 Å². The first-order valence-corrected chi connectivity index (χ1v) is 9.19. The number of nitrogens with one attached hydrogen (secondary N) is 2. The Labute approximate surface area is 149 Å². The van der Waals surface area contributed by atoms with Crippen LogP contribution in [-0.4, -0.2) is 55.5 Å². The summed E-state index contributed by atoms with van der Waals surface area (Å²) in [5, 5.41) is 6.17. The minimum Gasteiger partial charge on any atom is -0.354 e. The van der Waals surface area contributed by atoms with E-state index in [1.807, 2.05) is 20.0 Å². The fourth-order valence-corrected chi connectivity index (χ4v) is 2.97. The van der Waals surface area contributed by atoms with E-state index in [0.29, 0.717) is 18.0 Å². The Hall–Kier alpha value is -1.89. The van der Waals surface area contributed by atoms with Gasteiger partial charge in [0, 0.05) is 33.7 Å². The van der Waals surface area contributed by atoms with Gasteiger partial charge in [0.05, 0.1) is 11.2 Å². The standard InChI is InChI=1S/C17H29N5OS/c1-5-6-7-8-9-12-22(4)17(18-3)20-11-10-19-16(23)15-14(2)21-13-24-15/h5,13H,1,6-12H2,2-4H3,(H,18,20)(H,19,23). The van der Waals surface area contributed by atoms with Crippen LogP contribution in [0.5, 0.6) is 0 Å². The first kappa shape index (κ1) is 20.2. The van der Waals surface area contributed by atoms with E-state index in [2.05, 4.69) is 32.1 Å². The number of unbranched alkanes of at least 4 members (excludes halogenated alkanes) is 3. The molecular weight excluding hydrogens is 322 g/mol. The number of guanidine groups is 1. The number of nitrogens with zero attached hydrogens (tertiary/aromatic N) is 3. The van der Waals surface area contributed by atoms with Crippen LogP contribution in [0.1, 0.15) is 41.0 Å². The summed E-state index contributed by atoms with van der Waals surface area (Å²) in [5.74, 6) is 0.782. The van der Waals surface area contributed by atoms with Crippen LogP contribution in [0.2, 0.25) is 0 Å². The number of aliphatic imine (C=N–C) groups is 1. The molecule has 2 N–H and O–H groups in total. The number of allylic oxidation sites excluding steroid dienone is 1. The third-order valence-electron chi connectivity index (χ3n) is 3.62. The van der Waals surface area contributed by atoms with E-state index < -0.39 is 0 Å². The molecule has 6 nitrogen and oxygen atoms in total. The highest BCUT2D eigenvalue weighted by atomic mass is 32.1. The van der Waals surface area contributed by atoms with Gasteiger partial charge >= 0.3 is 0 Å². The lowest BCUT2D eigenvalue weighted by Crippen LogP contribution is -2.42. The van der Waals surface area contributed by atoms with Crippen molar-refractivity contribution in [2.24, 2.45) is 4.99 Å². The number of aryl methyl sites for hydroxylation is 1. The van der Waals surface area contributed by atoms with Crippen LogP contribution in [0.3, 0.4) is 0 Å². The van der Waals surface area contributed by atoms with E-state index in [1.165, 1.54) is 24.2 Å². The number of carbonyl (C=O) groups is 1. The second kappa shape index (κ2) is 11.6. The van der Waals surface area contributed by atoms with E-state index in [4.69, 9.17) is 0 Å². The highest BCUT2D eigenvalue weighted by molar-refractivity contribution is 7.11. The van der Waals surface area contributed by atoms with Gasteiger partial charge in [-0.2, -0.15) is 0 Å². The fourth-order valence-electron chi connectivity index (χ4n) is 2.26. The molecule has 0 fully saturated rings. The van der Waals surface area contributed by atoms with Gasteiger partial charge in [0.2, 0.25) is 0 Å². The summed E-state index contributed by atoms with van der Waals surface area (Å²) in [6.07, 6.45) is 6.55. The van der Waals surface area contributed by atoms with Crippen LogP contribution in [0.4, 0.5) is 0 Å². The maximum Gasteiger partial charge on any atom is 0.263 e. The van der Waals surface area contributed by atoms with Crippen molar-refractivity contribution in [2.45, 2.75) is 32.6 Å². The van der Waals surface area contributed by atoms with Gasteiger partial charge in [-0.15, -0.1) is 17.9 Å². The molecule has 1 aromatic heterocycles. The molecule has 0 aliphatic heterocycles. The normalized spacial score (nSPS) is 11.2. The molecule has 0 saturated heterocycles. The van der Waals surface area contributed by atoms with Gasteiger partial charge in [-0.1, -0.05) is 12.5 Å². The number of thiazole rings is 1. The molecule has 1 rings (SSSR count). The van der Waals surface area contributed by atoms with Crippen molar-refractivity contribution < 1.29 is 4.79 Å². The molecule has 1 aromatic rings. The number of hydrogen-bond donors (Lipinski definition) is 2. The summed E-state index contributed by atoms with van der Waals surface area (Å²) in [5.41, 5.74) is 2.46. The van der Waals surface area contributed by atoms with Crippen LogP contribution in [0.15, 0.2) is 23.2 Å². The number of rotatable bonds is 10. The van der Waals surface area contributed by atoms with E-state index in [0.717, 1.165) is 31.0 Å². The molecule has 0 aliphatic carbocycles. The molecule has 0 aromatic carbocycles. The lowest BCUT2D eigenvalue weighted by atomic mass is 10.2. The van der Waals surface area contributed by atoms with E-state index in [-0.39, 0.29) is 5.91 Å². The molecule has 0 unspecified atom stereocenters. The molecule has 7 heteroatoms. The average molecular weight is 352 g/mol. The first-order valence-electron chi connectivity index (χ1n) is 8.31. The third-order valence-corrected chi connectivity index (χ3v) is 4.55. The van der Waals surface area contributed by atoms with E-state index in [1.54, 1.807) is 12.6 Å². The molecule has 0 radical (unpaired) electrons. The molecule has 0 aliphatic rings. The summed E-state index contributed by atoms with van der Waals surface area (Å²) in [6.45, 7) is 7.72. The lowest BCUT2D eigenvalue weighted by Gasteiger charge is -2.22. The van der Waals surface area contributed by atoms with Crippen LogP contribution in [0, 0.1) is 6.92 Å². The molecule has 0 spiro atoms. The van der Waals surface area contributed by atoms with E-state index in [9.17, 15) is 4.79 Å². The molecule has 0 atom stereocenters. The molecular formula is C17H29N5OS. The van der Waals surface area contributed by atoms with Crippen molar-refractivity contribution in [1.29, 1.82) is 0 Å². The van der Waals surface area contributed by atoms with Crippen LogP contribution < -0.4 is 10.6 Å². The van der Waals surface area contributed by atoms with Crippen molar-refractivity contribution in [1.82, 2.24) is 20.5 Å². The van der Waals surface area contributed by atoms with Crippen LogP contribution >= 0.6 is 11.3 Å². The Balaban J connectivity index is 2.22. The fraction of sp³-hybridized carbons (Fsp3) is 0.588. The topological polar surface area (TPSA) is 69.6 Å². The van der Waals surface area contributed by atoms with Crippen molar-refractivity contribution in [3.63, 3.8) is 0 Å². The van der Waals surface area contributed by atoms with Crippen LogP contribution in [-0.2, 0) is 0 Å². The van der Waals surface area contributed by atoms with Crippen molar-refractivity contribution in [3.8, 4) is 0 Å². The SMILES string of the molecule is C=CCCCCCN(C)C(=NC)NCCNC(=O)c1scnc1C. The highest BCUT2D eigenvalue weighted by Gasteiger charge is 2.11. The lowest BCUT2D eigenvalue weighted by molar-refractivity contribution is 0.0957. The largest absolute Gasteiger partial charge is 0.354 e. The average Bonchev–Trinajstić information content (AvgIpc) is 3.00. The Bertz CT molecular complexity index is 541. The summed E-state index contributed by atoms with van der Waals surface area (Å²) < 4.78 is 0. The quantitative estimate of drug-likeness (QED) is 0.294. The van der Waals surface area contributed by atoms with Crippen molar-refractivity contribution >= 4 is 23.2 Å². The van der Waals surface area contributed by atoms with Gasteiger partial charge in [-0.3, -0.25) is 9.79 Å². The molecule has 134 valence electrons. The Morgan fingerprint density at radius 1 is 1.38 bits per heavy atom. The van der Waals surface area contributed by atoms with Gasteiger partial charge < -0.3 is 15.5 Å². The van der Waals surface area contributed by atoms with Gasteiger partial charge in [0.1, 0.15) is 4.88 Å². The second-order valence-corrected chi connectivity index (χ2v) is 6.41. The monoisotopic (exact) mass is 351 g/mol. The molecule has 24 heavy (non-hydrogen) atoms. The predicted molar refractivity (Wildman–Crippen MR) is 102 cm³/mol. The Kier molecular flexibility index (Phi) is 9.76.